The van der Waals surface area contributed by atoms with Crippen molar-refractivity contribution in [3.8, 4) is 11.1 Å². The van der Waals surface area contributed by atoms with Gasteiger partial charge in [-0.05, 0) is 66.3 Å². The Kier molecular flexibility index (Phi) is 7.87. The van der Waals surface area contributed by atoms with Gasteiger partial charge in [0.05, 0.1) is 12.1 Å². The van der Waals surface area contributed by atoms with Crippen molar-refractivity contribution >= 4 is 34.5 Å². The molecule has 9 heteroatoms. The molecule has 7 N–H and O–H groups in total. The molecule has 1 atom stereocenters. The number of aryl methyl sites for hydroxylation is 1. The molecule has 0 aliphatic carbocycles. The fourth-order valence-electron chi connectivity index (χ4n) is 5.48. The van der Waals surface area contributed by atoms with E-state index in [4.69, 9.17) is 11.1 Å². The molecule has 0 spiro atoms. The molecule has 0 fully saturated rings. The van der Waals surface area contributed by atoms with E-state index in [0.717, 1.165) is 59.4 Å². The van der Waals surface area contributed by atoms with Crippen molar-refractivity contribution in [2.45, 2.75) is 32.6 Å². The third-order valence-corrected chi connectivity index (χ3v) is 7.58. The molecule has 1 unspecified atom stereocenters. The smallest absolute Gasteiger partial charge is 0.336 e. The van der Waals surface area contributed by atoms with E-state index in [1.165, 1.54) is 0 Å². The standard InChI is InChI=1S/C32H34N6O3/c1-3-21(27-16-37-28-15-19(30(33)34)6-10-24(27)28)22-9-7-20(31(39)38-17-29-35-11-4-12-36-29)14-25(22)23-8-5-18(2)13-26(23)32(40)41/h5-10,13-16,21,37H,3-4,11-12,17H2,1-2H3,(H3,33,34)(H,35,36)(H,38,39)(H,40,41). The number of H-pyrrole nitrogens is 1. The number of aromatic amines is 1. The number of nitrogen functional groups attached to an aromatic ring is 1. The number of aromatic carboxylic acids is 1. The second-order valence-electron chi connectivity index (χ2n) is 10.3. The molecule has 0 radical (unpaired) electrons. The summed E-state index contributed by atoms with van der Waals surface area (Å²) in [6, 6.07) is 16.5. The maximum Gasteiger partial charge on any atom is 0.336 e. The zero-order valence-corrected chi connectivity index (χ0v) is 23.2. The lowest BCUT2D eigenvalue weighted by Crippen LogP contribution is -2.39. The van der Waals surface area contributed by atoms with Crippen LogP contribution in [0.15, 0.2) is 65.8 Å². The van der Waals surface area contributed by atoms with Crippen molar-refractivity contribution < 1.29 is 14.7 Å². The number of fused-ring (bicyclic) bond motifs is 1. The fourth-order valence-corrected chi connectivity index (χ4v) is 5.48. The van der Waals surface area contributed by atoms with E-state index in [9.17, 15) is 14.7 Å². The predicted molar refractivity (Wildman–Crippen MR) is 162 cm³/mol. The van der Waals surface area contributed by atoms with Crippen molar-refractivity contribution in [1.82, 2.24) is 15.6 Å². The minimum Gasteiger partial charge on any atom is -0.478 e. The first-order valence-corrected chi connectivity index (χ1v) is 13.8. The van der Waals surface area contributed by atoms with Crippen LogP contribution in [0.1, 0.15) is 68.7 Å². The lowest BCUT2D eigenvalue weighted by atomic mass is 9.82. The summed E-state index contributed by atoms with van der Waals surface area (Å²) in [4.78, 5) is 33.3. The summed E-state index contributed by atoms with van der Waals surface area (Å²) in [5, 5.41) is 25.0. The topological polar surface area (TPSA) is 156 Å². The highest BCUT2D eigenvalue weighted by Crippen LogP contribution is 2.40. The lowest BCUT2D eigenvalue weighted by Gasteiger charge is -2.22. The first-order chi connectivity index (χ1) is 19.8. The number of hydrogen-bond donors (Lipinski definition) is 6. The number of aromatic nitrogens is 1. The molecular weight excluding hydrogens is 516 g/mol. The van der Waals surface area contributed by atoms with E-state index in [1.54, 1.807) is 18.2 Å². The Morgan fingerprint density at radius 2 is 1.88 bits per heavy atom. The molecular formula is C32H34N6O3. The number of amides is 1. The molecule has 1 amide bonds. The van der Waals surface area contributed by atoms with Gasteiger partial charge in [0, 0.05) is 47.2 Å². The molecule has 0 saturated heterocycles. The number of nitrogens with one attached hydrogen (secondary N) is 4. The summed E-state index contributed by atoms with van der Waals surface area (Å²) in [6.45, 7) is 5.82. The summed E-state index contributed by atoms with van der Waals surface area (Å²) in [5.74, 6) is -0.621. The van der Waals surface area contributed by atoms with Crippen LogP contribution >= 0.6 is 0 Å². The quantitative estimate of drug-likeness (QED) is 0.131. The zero-order chi connectivity index (χ0) is 29.1. The Hall–Kier alpha value is -4.92. The van der Waals surface area contributed by atoms with Crippen LogP contribution in [0.2, 0.25) is 0 Å². The van der Waals surface area contributed by atoms with Crippen LogP contribution < -0.4 is 16.4 Å². The molecule has 5 rings (SSSR count). The number of hydrogen-bond acceptors (Lipinski definition) is 5. The van der Waals surface area contributed by atoms with Crippen molar-refractivity contribution in [2.75, 3.05) is 19.6 Å². The van der Waals surface area contributed by atoms with Crippen LogP contribution in [0.25, 0.3) is 22.0 Å². The van der Waals surface area contributed by atoms with Crippen molar-refractivity contribution in [2.24, 2.45) is 10.7 Å². The monoisotopic (exact) mass is 550 g/mol. The minimum absolute atomic E-state index is 0.00171. The summed E-state index contributed by atoms with van der Waals surface area (Å²) >= 11 is 0. The van der Waals surface area contributed by atoms with Gasteiger partial charge in [-0.3, -0.25) is 15.2 Å². The first-order valence-electron chi connectivity index (χ1n) is 13.8. The van der Waals surface area contributed by atoms with Gasteiger partial charge in [0.1, 0.15) is 11.7 Å². The normalized spacial score (nSPS) is 13.8. The maximum absolute atomic E-state index is 13.2. The van der Waals surface area contributed by atoms with Gasteiger partial charge in [-0.15, -0.1) is 0 Å². The molecule has 0 bridgehead atoms. The highest BCUT2D eigenvalue weighted by molar-refractivity contribution is 6.02. The number of carbonyl (C=O) groups is 2. The number of carbonyl (C=O) groups excluding carboxylic acids is 1. The van der Waals surface area contributed by atoms with Crippen molar-refractivity contribution in [3.05, 3.63) is 94.2 Å². The molecule has 41 heavy (non-hydrogen) atoms. The Morgan fingerprint density at radius 3 is 2.59 bits per heavy atom. The number of nitrogens with zero attached hydrogens (tertiary/aromatic N) is 1. The first kappa shape index (κ1) is 27.6. The van der Waals surface area contributed by atoms with Crippen LogP contribution in [0.4, 0.5) is 0 Å². The molecule has 4 aromatic rings. The van der Waals surface area contributed by atoms with Gasteiger partial charge in [0.25, 0.3) is 5.91 Å². The van der Waals surface area contributed by atoms with E-state index in [2.05, 4.69) is 27.5 Å². The number of benzene rings is 3. The molecule has 1 aliphatic heterocycles. The van der Waals surface area contributed by atoms with Crippen molar-refractivity contribution in [1.29, 1.82) is 5.41 Å². The fraction of sp³-hybridized carbons (Fsp3) is 0.250. The van der Waals surface area contributed by atoms with Gasteiger partial charge >= 0.3 is 5.97 Å². The van der Waals surface area contributed by atoms with Crippen LogP contribution in [-0.2, 0) is 0 Å². The highest BCUT2D eigenvalue weighted by atomic mass is 16.4. The van der Waals surface area contributed by atoms with Crippen molar-refractivity contribution in [3.63, 3.8) is 0 Å². The Balaban J connectivity index is 1.61. The van der Waals surface area contributed by atoms with E-state index in [-0.39, 0.29) is 23.2 Å². The minimum atomic E-state index is -1.03. The molecule has 1 aliphatic rings. The summed E-state index contributed by atoms with van der Waals surface area (Å²) < 4.78 is 0. The summed E-state index contributed by atoms with van der Waals surface area (Å²) in [6.07, 6.45) is 3.66. The Labute approximate surface area is 238 Å². The average molecular weight is 551 g/mol. The second kappa shape index (κ2) is 11.7. The average Bonchev–Trinajstić information content (AvgIpc) is 3.40. The Bertz CT molecular complexity index is 1690. The lowest BCUT2D eigenvalue weighted by molar-refractivity contribution is 0.0697. The number of carboxylic acid groups (broad SMARTS) is 1. The van der Waals surface area contributed by atoms with Crippen LogP contribution in [0.5, 0.6) is 0 Å². The van der Waals surface area contributed by atoms with Gasteiger partial charge in [-0.1, -0.05) is 42.8 Å². The maximum atomic E-state index is 13.2. The van der Waals surface area contributed by atoms with E-state index in [0.29, 0.717) is 28.8 Å². The van der Waals surface area contributed by atoms with E-state index < -0.39 is 5.97 Å². The Morgan fingerprint density at radius 1 is 1.07 bits per heavy atom. The number of nitrogens with two attached hydrogens (primary N) is 1. The summed E-state index contributed by atoms with van der Waals surface area (Å²) in [5.41, 5.74) is 11.9. The number of aliphatic imine (C=N–C) groups is 1. The number of carboxylic acids is 1. The third kappa shape index (κ3) is 5.70. The zero-order valence-electron chi connectivity index (χ0n) is 23.2. The second-order valence-corrected chi connectivity index (χ2v) is 10.3. The molecule has 3 aromatic carbocycles. The van der Waals surface area contributed by atoms with Gasteiger partial charge < -0.3 is 26.5 Å². The summed E-state index contributed by atoms with van der Waals surface area (Å²) in [7, 11) is 0. The third-order valence-electron chi connectivity index (χ3n) is 7.58. The van der Waals surface area contributed by atoms with Gasteiger partial charge in [0.2, 0.25) is 0 Å². The van der Waals surface area contributed by atoms with Gasteiger partial charge in [-0.25, -0.2) is 4.79 Å². The van der Waals surface area contributed by atoms with Gasteiger partial charge in [-0.2, -0.15) is 0 Å². The molecule has 9 nitrogen and oxygen atoms in total. The molecule has 0 saturated carbocycles. The molecule has 2 heterocycles. The van der Waals surface area contributed by atoms with Crippen LogP contribution in [0, 0.1) is 12.3 Å². The molecule has 1 aromatic heterocycles. The largest absolute Gasteiger partial charge is 0.478 e. The number of amidine groups is 2. The predicted octanol–water partition coefficient (Wildman–Crippen LogP) is 4.79. The molecule has 210 valence electrons. The SMILES string of the molecule is CCC(c1ccc(C(=O)NCC2=NCCCN2)cc1-c1ccc(C)cc1C(=O)O)c1c[nH]c2cc(C(=N)N)ccc12. The van der Waals surface area contributed by atoms with Crippen LogP contribution in [0.3, 0.4) is 0 Å². The van der Waals surface area contributed by atoms with E-state index in [1.807, 2.05) is 49.5 Å². The highest BCUT2D eigenvalue weighted by Gasteiger charge is 2.24. The van der Waals surface area contributed by atoms with Crippen LogP contribution in [-0.4, -0.2) is 53.3 Å². The number of rotatable bonds is 9. The van der Waals surface area contributed by atoms with Gasteiger partial charge in [0.15, 0.2) is 0 Å². The van der Waals surface area contributed by atoms with E-state index >= 15 is 0 Å².